The first-order valence-corrected chi connectivity index (χ1v) is 19.4. The molecule has 2 aliphatic heterocycles. The Balaban J connectivity index is 1.22. The van der Waals surface area contributed by atoms with E-state index in [1.807, 2.05) is 20.8 Å². The van der Waals surface area contributed by atoms with Gasteiger partial charge in [-0.15, -0.1) is 0 Å². The van der Waals surface area contributed by atoms with Crippen LogP contribution in [0.1, 0.15) is 115 Å². The van der Waals surface area contributed by atoms with E-state index in [1.165, 1.54) is 23.5 Å². The van der Waals surface area contributed by atoms with Gasteiger partial charge in [-0.2, -0.15) is 0 Å². The lowest BCUT2D eigenvalue weighted by molar-refractivity contribution is -0.149. The van der Waals surface area contributed by atoms with Crippen LogP contribution >= 0.6 is 0 Å². The van der Waals surface area contributed by atoms with Gasteiger partial charge in [0.15, 0.2) is 0 Å². The first-order valence-electron chi connectivity index (χ1n) is 19.4. The fourth-order valence-corrected chi connectivity index (χ4v) is 9.10. The average molecular weight is 742 g/mol. The number of aromatic nitrogens is 2. The zero-order valence-electron chi connectivity index (χ0n) is 30.9. The van der Waals surface area contributed by atoms with Crippen LogP contribution < -0.4 is 16.0 Å². The minimum Gasteiger partial charge on any atom is -0.347 e. The zero-order chi connectivity index (χ0) is 38.0. The number of hydrogen-bond donors (Lipinski definition) is 3. The molecule has 6 rings (SSSR count). The highest BCUT2D eigenvalue weighted by Crippen LogP contribution is 2.51. The molecule has 53 heavy (non-hydrogen) atoms. The number of nitrogens with zero attached hydrogens (tertiary/aromatic N) is 4. The zero-order valence-corrected chi connectivity index (χ0v) is 30.9. The van der Waals surface area contributed by atoms with E-state index in [0.717, 1.165) is 44.9 Å². The summed E-state index contributed by atoms with van der Waals surface area (Å²) in [4.78, 5) is 94.4. The predicted molar refractivity (Wildman–Crippen MR) is 188 cm³/mol. The smallest absolute Gasteiger partial charge is 0.289 e. The Kier molecular flexibility index (Phi) is 11.8. The molecule has 3 heterocycles. The van der Waals surface area contributed by atoms with Gasteiger partial charge in [0.1, 0.15) is 29.9 Å². The van der Waals surface area contributed by atoms with E-state index in [1.54, 1.807) is 4.90 Å². The third-order valence-electron chi connectivity index (χ3n) is 11.9. The van der Waals surface area contributed by atoms with Crippen molar-refractivity contribution in [2.75, 3.05) is 6.54 Å². The maximum Gasteiger partial charge on any atom is 0.289 e. The summed E-state index contributed by atoms with van der Waals surface area (Å²) in [5.41, 5.74) is -0.718. The Bertz CT molecular complexity index is 1550. The number of Topliss-reactive ketones (excluding diaryl/α,β-unsaturated/α-hetero) is 1. The quantitative estimate of drug-likeness (QED) is 0.182. The van der Waals surface area contributed by atoms with E-state index in [-0.39, 0.29) is 61.2 Å². The van der Waals surface area contributed by atoms with Gasteiger partial charge in [0.2, 0.25) is 29.9 Å². The second-order valence-corrected chi connectivity index (χ2v) is 16.7. The molecule has 1 aromatic rings. The molecule has 2 unspecified atom stereocenters. The van der Waals surface area contributed by atoms with Gasteiger partial charge in [-0.05, 0) is 68.6 Å². The van der Waals surface area contributed by atoms with E-state index >= 15 is 0 Å². The Hall–Kier alpha value is -4.04. The van der Waals surface area contributed by atoms with Gasteiger partial charge >= 0.3 is 0 Å². The lowest BCUT2D eigenvalue weighted by atomic mass is 9.82. The summed E-state index contributed by atoms with van der Waals surface area (Å²) in [6.07, 6.45) is 8.99. The number of hydrogen-bond acceptors (Lipinski definition) is 8. The Labute approximate surface area is 309 Å². The average Bonchev–Trinajstić information content (AvgIpc) is 3.61. The molecule has 1 aromatic heterocycles. The molecule has 13 nitrogen and oxygen atoms in total. The van der Waals surface area contributed by atoms with E-state index < -0.39 is 71.3 Å². The van der Waals surface area contributed by atoms with Crippen LogP contribution in [0.5, 0.6) is 0 Å². The van der Waals surface area contributed by atoms with Crippen LogP contribution in [0.3, 0.4) is 0 Å². The van der Waals surface area contributed by atoms with Gasteiger partial charge in [-0.25, -0.2) is 13.8 Å². The third kappa shape index (κ3) is 8.53. The van der Waals surface area contributed by atoms with E-state index in [9.17, 15) is 37.5 Å². The SMILES string of the molecule is CC(C)(C)[C@H](NC(=O)[C@@H](NC(=O)c1cnccn1)C1CCCCC1)C(=O)N1C[C@@H]2CCC3[C@@H]2[C@H]1C(=O)N3C(CCCCC(F)F)C(=O)C(=O)NC1CC1. The second kappa shape index (κ2) is 16.1. The van der Waals surface area contributed by atoms with Gasteiger partial charge in [0.25, 0.3) is 11.8 Å². The van der Waals surface area contributed by atoms with Crippen molar-refractivity contribution in [1.82, 2.24) is 35.7 Å². The minimum atomic E-state index is -2.49. The summed E-state index contributed by atoms with van der Waals surface area (Å²) in [6, 6.07) is -4.42. The van der Waals surface area contributed by atoms with Gasteiger partial charge in [0, 0.05) is 43.4 Å². The molecular formula is C38H53F2N7O6. The number of carbonyl (C=O) groups excluding carboxylic acids is 6. The fourth-order valence-electron chi connectivity index (χ4n) is 9.10. The van der Waals surface area contributed by atoms with Crippen molar-refractivity contribution < 1.29 is 37.5 Å². The summed E-state index contributed by atoms with van der Waals surface area (Å²) >= 11 is 0. The maximum absolute atomic E-state index is 14.7. The molecule has 0 radical (unpaired) electrons. The summed E-state index contributed by atoms with van der Waals surface area (Å²) in [5, 5.41) is 8.58. The molecule has 5 amide bonds. The number of halogens is 2. The fraction of sp³-hybridized carbons (Fsp3) is 0.737. The van der Waals surface area contributed by atoms with Crippen molar-refractivity contribution in [3.8, 4) is 0 Å². The molecule has 3 aliphatic carbocycles. The van der Waals surface area contributed by atoms with Gasteiger partial charge < -0.3 is 25.8 Å². The largest absolute Gasteiger partial charge is 0.347 e. The van der Waals surface area contributed by atoms with Crippen LogP contribution in [0, 0.1) is 23.2 Å². The third-order valence-corrected chi connectivity index (χ3v) is 11.9. The van der Waals surface area contributed by atoms with Gasteiger partial charge in [-0.1, -0.05) is 46.5 Å². The maximum atomic E-state index is 14.7. The summed E-state index contributed by atoms with van der Waals surface area (Å²) in [5.74, 6) is -3.82. The molecule has 0 aromatic carbocycles. The Morgan fingerprint density at radius 2 is 1.64 bits per heavy atom. The van der Waals surface area contributed by atoms with Gasteiger partial charge in [0.05, 0.1) is 6.20 Å². The molecule has 0 spiro atoms. The van der Waals surface area contributed by atoms with Crippen molar-refractivity contribution in [2.45, 2.75) is 147 Å². The number of unbranched alkanes of at least 4 members (excludes halogenated alkanes) is 1. The molecule has 5 fully saturated rings. The van der Waals surface area contributed by atoms with Crippen LogP contribution in [0.15, 0.2) is 18.6 Å². The van der Waals surface area contributed by atoms with E-state index in [0.29, 0.717) is 19.4 Å². The van der Waals surface area contributed by atoms with Crippen LogP contribution in [0.25, 0.3) is 0 Å². The molecule has 7 atom stereocenters. The highest BCUT2D eigenvalue weighted by Gasteiger charge is 2.64. The molecule has 0 bridgehead atoms. The highest BCUT2D eigenvalue weighted by molar-refractivity contribution is 6.38. The monoisotopic (exact) mass is 741 g/mol. The lowest BCUT2D eigenvalue weighted by Crippen LogP contribution is -2.61. The Morgan fingerprint density at radius 3 is 2.28 bits per heavy atom. The molecule has 3 saturated carbocycles. The predicted octanol–water partition coefficient (Wildman–Crippen LogP) is 3.18. The van der Waals surface area contributed by atoms with Crippen molar-refractivity contribution in [2.24, 2.45) is 23.2 Å². The normalized spacial score (nSPS) is 25.9. The summed E-state index contributed by atoms with van der Waals surface area (Å²) in [6.45, 7) is 5.81. The van der Waals surface area contributed by atoms with Crippen LogP contribution in [-0.4, -0.2) is 104 Å². The van der Waals surface area contributed by atoms with Gasteiger partial charge in [-0.3, -0.25) is 33.8 Å². The number of rotatable bonds is 15. The van der Waals surface area contributed by atoms with Crippen LogP contribution in [-0.2, 0) is 24.0 Å². The van der Waals surface area contributed by atoms with Crippen molar-refractivity contribution in [3.05, 3.63) is 24.3 Å². The molecule has 5 aliphatic rings. The standard InChI is InChI=1S/C38H53F2N7O6/c1-38(2,3)32(45-34(50)29(21-9-5-4-6-10-21)44-33(49)24-19-41-17-18-42-24)37(53)46-20-22-13-16-25-28(22)30(46)36(52)47(25)26(11-7-8-12-27(39)40)31(48)35(51)43-23-14-15-23/h17-19,21-23,25-30,32H,4-16,20H2,1-3H3,(H,43,51)(H,44,49)(H,45,50)/t22-,25?,26?,28+,29-,30-,32+/m0/s1. The number of carbonyl (C=O) groups is 6. The number of nitrogens with one attached hydrogen (secondary N) is 3. The topological polar surface area (TPSA) is 171 Å². The first-order chi connectivity index (χ1) is 25.3. The molecular weight excluding hydrogens is 688 g/mol. The lowest BCUT2D eigenvalue weighted by Gasteiger charge is -2.37. The molecule has 15 heteroatoms. The number of likely N-dealkylation sites (tertiary alicyclic amines) is 2. The van der Waals surface area contributed by atoms with Crippen molar-refractivity contribution >= 4 is 35.3 Å². The number of alkyl halides is 2. The molecule has 3 N–H and O–H groups in total. The summed E-state index contributed by atoms with van der Waals surface area (Å²) in [7, 11) is 0. The minimum absolute atomic E-state index is 0.0182. The molecule has 2 saturated heterocycles. The van der Waals surface area contributed by atoms with Crippen LogP contribution in [0.2, 0.25) is 0 Å². The van der Waals surface area contributed by atoms with Crippen LogP contribution in [0.4, 0.5) is 8.78 Å². The highest BCUT2D eigenvalue weighted by atomic mass is 19.3. The number of amides is 5. The summed E-state index contributed by atoms with van der Waals surface area (Å²) < 4.78 is 25.9. The van der Waals surface area contributed by atoms with E-state index in [2.05, 4.69) is 25.9 Å². The second-order valence-electron chi connectivity index (χ2n) is 16.7. The van der Waals surface area contributed by atoms with Crippen molar-refractivity contribution in [1.29, 1.82) is 0 Å². The number of ketones is 1. The Morgan fingerprint density at radius 1 is 0.925 bits per heavy atom. The van der Waals surface area contributed by atoms with Crippen molar-refractivity contribution in [3.63, 3.8) is 0 Å². The first kappa shape index (κ1) is 38.7. The molecule has 290 valence electrons. The van der Waals surface area contributed by atoms with E-state index in [4.69, 9.17) is 0 Å².